The Morgan fingerprint density at radius 3 is 2.43 bits per heavy atom. The van der Waals surface area contributed by atoms with E-state index in [9.17, 15) is 0 Å². The Hall–Kier alpha value is -1.25. The summed E-state index contributed by atoms with van der Waals surface area (Å²) in [7, 11) is 0.372. The van der Waals surface area contributed by atoms with Gasteiger partial charge in [0.1, 0.15) is 13.8 Å². The third-order valence-corrected chi connectivity index (χ3v) is 6.38. The lowest BCUT2D eigenvalue weighted by molar-refractivity contribution is 0.107. The highest BCUT2D eigenvalue weighted by Gasteiger charge is 2.11. The summed E-state index contributed by atoms with van der Waals surface area (Å²) in [5.41, 5.74) is 6.74. The molecule has 2 aromatic carbocycles. The molecule has 2 aromatic rings. The van der Waals surface area contributed by atoms with E-state index in [4.69, 9.17) is 21.1 Å². The van der Waals surface area contributed by atoms with Crippen molar-refractivity contribution in [2.24, 2.45) is 0 Å². The molecule has 0 N–H and O–H groups in total. The number of benzene rings is 2. The van der Waals surface area contributed by atoms with Gasteiger partial charge >= 0.3 is 0 Å². The number of rotatable bonds is 8. The van der Waals surface area contributed by atoms with Gasteiger partial charge in [0.25, 0.3) is 0 Å². The molecule has 1 unspecified atom stereocenters. The van der Waals surface area contributed by atoms with Crippen LogP contribution >= 0.6 is 27.5 Å². The lowest BCUT2D eigenvalue weighted by Crippen LogP contribution is -2.16. The Kier molecular flexibility index (Phi) is 9.10. The van der Waals surface area contributed by atoms with Gasteiger partial charge in [-0.2, -0.15) is 0 Å². The fraction of sp³-hybridized carbons (Fsp3) is 0.391. The highest BCUT2D eigenvalue weighted by atomic mass is 79.9. The minimum atomic E-state index is -1.29. The van der Waals surface area contributed by atoms with Gasteiger partial charge < -0.3 is 9.47 Å². The van der Waals surface area contributed by atoms with Gasteiger partial charge in [-0.3, -0.25) is 0 Å². The molecule has 0 radical (unpaired) electrons. The Morgan fingerprint density at radius 1 is 1.07 bits per heavy atom. The van der Waals surface area contributed by atoms with E-state index < -0.39 is 8.07 Å². The molecule has 0 heterocycles. The zero-order valence-electron chi connectivity index (χ0n) is 17.0. The molecular formula is C23H28BrClO2Si. The Bertz CT molecular complexity index is 819. The lowest BCUT2D eigenvalue weighted by Gasteiger charge is -2.13. The molecule has 0 fully saturated rings. The van der Waals surface area contributed by atoms with Crippen molar-refractivity contribution in [3.8, 4) is 17.2 Å². The van der Waals surface area contributed by atoms with Crippen LogP contribution in [-0.4, -0.2) is 15.2 Å². The highest BCUT2D eigenvalue weighted by Crippen LogP contribution is 2.31. The van der Waals surface area contributed by atoms with E-state index in [0.717, 1.165) is 34.7 Å². The Morgan fingerprint density at radius 2 is 1.79 bits per heavy atom. The van der Waals surface area contributed by atoms with Crippen LogP contribution in [-0.2, 0) is 18.0 Å². The first kappa shape index (κ1) is 23.0. The summed E-state index contributed by atoms with van der Waals surface area (Å²) in [6, 6.07) is 14.0. The molecule has 0 bridgehead atoms. The zero-order valence-corrected chi connectivity index (χ0v) is 20.4. The minimum absolute atomic E-state index is 0.265. The third kappa shape index (κ3) is 8.01. The van der Waals surface area contributed by atoms with Gasteiger partial charge in [0.2, 0.25) is 0 Å². The van der Waals surface area contributed by atoms with Gasteiger partial charge in [-0.1, -0.05) is 71.4 Å². The molecule has 1 atom stereocenters. The molecule has 0 spiro atoms. The molecule has 0 amide bonds. The molecule has 2 rings (SSSR count). The van der Waals surface area contributed by atoms with Gasteiger partial charge in [0.05, 0.1) is 20.3 Å². The van der Waals surface area contributed by atoms with Crippen molar-refractivity contribution in [3.05, 3.63) is 64.2 Å². The third-order valence-electron chi connectivity index (χ3n) is 4.10. The maximum atomic E-state index is 6.37. The number of methoxy groups -OCH3 is 1. The standard InChI is InChI=1S/C23H28BrClO2Si/c1-26-21-11-8-18(9-12-21)16-27-17-20-15-19(10-13-23(20)25)22(24)7-5-6-14-28(2,3)4/h8-13,15,22H,5,7,16-17H2,1-4H3. The molecule has 0 saturated heterocycles. The molecule has 0 aliphatic carbocycles. The molecule has 0 saturated carbocycles. The normalized spacial score (nSPS) is 12.2. The van der Waals surface area contributed by atoms with Crippen LogP contribution in [0.3, 0.4) is 0 Å². The Balaban J connectivity index is 1.91. The van der Waals surface area contributed by atoms with Crippen molar-refractivity contribution in [1.82, 2.24) is 0 Å². The van der Waals surface area contributed by atoms with E-state index in [1.165, 1.54) is 5.56 Å². The smallest absolute Gasteiger partial charge is 0.129 e. The molecule has 0 aromatic heterocycles. The second-order valence-electron chi connectivity index (χ2n) is 7.75. The van der Waals surface area contributed by atoms with Crippen LogP contribution in [0, 0.1) is 11.5 Å². The summed E-state index contributed by atoms with van der Waals surface area (Å²) in [6.07, 6.45) is 1.87. The number of hydrogen-bond donors (Lipinski definition) is 0. The topological polar surface area (TPSA) is 18.5 Å². The van der Waals surface area contributed by atoms with Crippen LogP contribution in [0.5, 0.6) is 5.75 Å². The first-order valence-corrected chi connectivity index (χ1v) is 14.2. The van der Waals surface area contributed by atoms with E-state index in [1.807, 2.05) is 30.3 Å². The van der Waals surface area contributed by atoms with Crippen LogP contribution in [0.15, 0.2) is 42.5 Å². The summed E-state index contributed by atoms with van der Waals surface area (Å²) in [6.45, 7) is 7.82. The molecule has 0 aliphatic rings. The average Bonchev–Trinajstić information content (AvgIpc) is 2.66. The molecule has 150 valence electrons. The molecule has 28 heavy (non-hydrogen) atoms. The summed E-state index contributed by atoms with van der Waals surface area (Å²) < 4.78 is 11.0. The SMILES string of the molecule is COc1ccc(COCc2cc(C(Br)CCC#C[Si](C)(C)C)ccc2Cl)cc1. The van der Waals surface area contributed by atoms with Gasteiger partial charge in [0.15, 0.2) is 0 Å². The first-order valence-electron chi connectivity index (χ1n) is 9.41. The second-order valence-corrected chi connectivity index (χ2v) is 14.0. The van der Waals surface area contributed by atoms with Crippen molar-refractivity contribution < 1.29 is 9.47 Å². The number of ether oxygens (including phenoxy) is 2. The second kappa shape index (κ2) is 11.1. The minimum Gasteiger partial charge on any atom is -0.497 e. The van der Waals surface area contributed by atoms with Crippen molar-refractivity contribution in [2.45, 2.75) is 50.5 Å². The number of hydrogen-bond acceptors (Lipinski definition) is 2. The van der Waals surface area contributed by atoms with Crippen molar-refractivity contribution >= 4 is 35.6 Å². The summed E-state index contributed by atoms with van der Waals surface area (Å²) >= 11 is 10.2. The monoisotopic (exact) mass is 478 g/mol. The quantitative estimate of drug-likeness (QED) is 0.227. The van der Waals surface area contributed by atoms with Gasteiger partial charge in [-0.25, -0.2) is 0 Å². The van der Waals surface area contributed by atoms with E-state index in [2.05, 4.69) is 59.2 Å². The lowest BCUT2D eigenvalue weighted by atomic mass is 10.1. The summed E-state index contributed by atoms with van der Waals surface area (Å²) in [5, 5.41) is 0.733. The van der Waals surface area contributed by atoms with Crippen molar-refractivity contribution in [3.63, 3.8) is 0 Å². The maximum absolute atomic E-state index is 6.37. The van der Waals surface area contributed by atoms with E-state index in [0.29, 0.717) is 13.2 Å². The molecule has 0 aliphatic heterocycles. The largest absolute Gasteiger partial charge is 0.497 e. The van der Waals surface area contributed by atoms with Crippen LogP contribution < -0.4 is 4.74 Å². The fourth-order valence-corrected chi connectivity index (χ4v) is 3.94. The Labute approximate surface area is 183 Å². The maximum Gasteiger partial charge on any atom is 0.129 e. The fourth-order valence-electron chi connectivity index (χ4n) is 2.59. The van der Waals surface area contributed by atoms with Crippen molar-refractivity contribution in [1.29, 1.82) is 0 Å². The van der Waals surface area contributed by atoms with Crippen LogP contribution in [0.25, 0.3) is 0 Å². The van der Waals surface area contributed by atoms with Crippen LogP contribution in [0.4, 0.5) is 0 Å². The number of alkyl halides is 1. The predicted octanol–water partition coefficient (Wildman–Crippen LogP) is 7.16. The first-order chi connectivity index (χ1) is 13.3. The van der Waals surface area contributed by atoms with E-state index >= 15 is 0 Å². The van der Waals surface area contributed by atoms with Gasteiger partial charge in [-0.15, -0.1) is 11.5 Å². The van der Waals surface area contributed by atoms with Crippen LogP contribution in [0.1, 0.15) is 34.4 Å². The summed E-state index contributed by atoms with van der Waals surface area (Å²) in [5.74, 6) is 4.18. The van der Waals surface area contributed by atoms with E-state index in [-0.39, 0.29) is 4.83 Å². The van der Waals surface area contributed by atoms with Gasteiger partial charge in [-0.05, 0) is 41.3 Å². The van der Waals surface area contributed by atoms with Gasteiger partial charge in [0, 0.05) is 16.3 Å². The number of halogens is 2. The van der Waals surface area contributed by atoms with E-state index in [1.54, 1.807) is 7.11 Å². The molecule has 5 heteroatoms. The van der Waals surface area contributed by atoms with Crippen molar-refractivity contribution in [2.75, 3.05) is 7.11 Å². The zero-order chi connectivity index (χ0) is 20.6. The molecule has 2 nitrogen and oxygen atoms in total. The predicted molar refractivity (Wildman–Crippen MR) is 125 cm³/mol. The summed E-state index contributed by atoms with van der Waals surface area (Å²) in [4.78, 5) is 0.265. The average molecular weight is 480 g/mol. The molecular weight excluding hydrogens is 452 g/mol. The van der Waals surface area contributed by atoms with Crippen LogP contribution in [0.2, 0.25) is 24.7 Å². The highest BCUT2D eigenvalue weighted by molar-refractivity contribution is 9.09.